The van der Waals surface area contributed by atoms with E-state index in [1.807, 2.05) is 14.1 Å². The molecule has 0 aromatic carbocycles. The molecule has 2 atom stereocenters. The van der Waals surface area contributed by atoms with Crippen LogP contribution in [0.25, 0.3) is 0 Å². The Bertz CT molecular complexity index is 283. The summed E-state index contributed by atoms with van der Waals surface area (Å²) in [6.07, 6.45) is 14.1. The molecule has 0 bridgehead atoms. The highest BCUT2D eigenvalue weighted by Gasteiger charge is 2.28. The van der Waals surface area contributed by atoms with Crippen LogP contribution < -0.4 is 5.32 Å². The van der Waals surface area contributed by atoms with Crippen molar-refractivity contribution in [1.29, 1.82) is 0 Å². The Kier molecular flexibility index (Phi) is 14.6. The summed E-state index contributed by atoms with van der Waals surface area (Å²) in [5.41, 5.74) is 0. The second-order valence-corrected chi connectivity index (χ2v) is 6.90. The van der Waals surface area contributed by atoms with Crippen molar-refractivity contribution in [2.45, 2.75) is 96.6 Å². The van der Waals surface area contributed by atoms with Crippen molar-refractivity contribution in [1.82, 2.24) is 10.2 Å². The first-order chi connectivity index (χ1) is 11.0. The first-order valence-electron chi connectivity index (χ1n) is 9.67. The third-order valence-electron chi connectivity index (χ3n) is 4.57. The molecule has 0 saturated heterocycles. The van der Waals surface area contributed by atoms with E-state index in [0.717, 1.165) is 19.4 Å². The van der Waals surface area contributed by atoms with Crippen molar-refractivity contribution in [2.24, 2.45) is 0 Å². The Labute approximate surface area is 144 Å². The van der Waals surface area contributed by atoms with Gasteiger partial charge in [0.2, 0.25) is 0 Å². The molecular formula is C19H40N2O2. The van der Waals surface area contributed by atoms with Crippen LogP contribution in [0.1, 0.15) is 84.5 Å². The lowest BCUT2D eigenvalue weighted by atomic mass is 10.0. The van der Waals surface area contributed by atoms with Crippen LogP contribution >= 0.6 is 0 Å². The van der Waals surface area contributed by atoms with E-state index >= 15 is 0 Å². The van der Waals surface area contributed by atoms with Crippen LogP contribution in [0.4, 0.5) is 0 Å². The van der Waals surface area contributed by atoms with E-state index in [1.54, 1.807) is 4.90 Å². The van der Waals surface area contributed by atoms with Crippen molar-refractivity contribution in [2.75, 3.05) is 20.6 Å². The molecule has 2 N–H and O–H groups in total. The molecule has 0 saturated carbocycles. The number of likely N-dealkylation sites (N-methyl/N-ethyl adjacent to an activating group) is 1. The number of carbonyl (C=O) groups is 1. The van der Waals surface area contributed by atoms with Crippen LogP contribution in [0.15, 0.2) is 0 Å². The van der Waals surface area contributed by atoms with Crippen LogP contribution in [0, 0.1) is 0 Å². The van der Waals surface area contributed by atoms with E-state index in [0.29, 0.717) is 0 Å². The molecule has 0 aromatic heterocycles. The zero-order valence-electron chi connectivity index (χ0n) is 15.9. The maximum Gasteiger partial charge on any atom is 0.322 e. The molecule has 0 aliphatic carbocycles. The van der Waals surface area contributed by atoms with Crippen LogP contribution in [-0.4, -0.2) is 48.7 Å². The van der Waals surface area contributed by atoms with Crippen molar-refractivity contribution >= 4 is 5.97 Å². The van der Waals surface area contributed by atoms with Gasteiger partial charge in [-0.25, -0.2) is 0 Å². The van der Waals surface area contributed by atoms with E-state index in [2.05, 4.69) is 19.2 Å². The van der Waals surface area contributed by atoms with Gasteiger partial charge in [0.1, 0.15) is 6.04 Å². The Hall–Kier alpha value is -0.610. The predicted molar refractivity (Wildman–Crippen MR) is 99.0 cm³/mol. The number of carboxylic acids is 1. The molecule has 0 heterocycles. The van der Waals surface area contributed by atoms with E-state index in [1.165, 1.54) is 57.8 Å². The minimum Gasteiger partial charge on any atom is -0.480 e. The summed E-state index contributed by atoms with van der Waals surface area (Å²) in [5.74, 6) is -0.738. The molecule has 0 fully saturated rings. The largest absolute Gasteiger partial charge is 0.480 e. The molecule has 0 radical (unpaired) electrons. The Morgan fingerprint density at radius 1 is 0.913 bits per heavy atom. The second-order valence-electron chi connectivity index (χ2n) is 6.90. The monoisotopic (exact) mass is 328 g/mol. The number of aliphatic carboxylic acids is 1. The standard InChI is InChI=1S/C19H40N2O2/c1-5-7-8-9-10-11-12-13-14-15-16-20-17(6-2)18(19(22)23)21(3)4/h17-18,20H,5-16H2,1-4H3,(H,22,23). The van der Waals surface area contributed by atoms with Crippen molar-refractivity contribution in [3.63, 3.8) is 0 Å². The summed E-state index contributed by atoms with van der Waals surface area (Å²) in [5, 5.41) is 12.8. The van der Waals surface area contributed by atoms with Gasteiger partial charge in [-0.1, -0.05) is 71.6 Å². The molecule has 0 aliphatic heterocycles. The zero-order valence-corrected chi connectivity index (χ0v) is 15.9. The molecule has 2 unspecified atom stereocenters. The number of nitrogens with zero attached hydrogens (tertiary/aromatic N) is 1. The molecule has 0 aliphatic rings. The SMILES string of the molecule is CCCCCCCCCCCCNC(CC)C(C(=O)O)N(C)C. The van der Waals surface area contributed by atoms with Crippen molar-refractivity contribution < 1.29 is 9.90 Å². The van der Waals surface area contributed by atoms with Crippen LogP contribution in [0.5, 0.6) is 0 Å². The average molecular weight is 329 g/mol. The summed E-state index contributed by atoms with van der Waals surface area (Å²) >= 11 is 0. The van der Waals surface area contributed by atoms with E-state index < -0.39 is 12.0 Å². The Balaban J connectivity index is 3.63. The summed E-state index contributed by atoms with van der Waals surface area (Å²) in [7, 11) is 3.67. The third kappa shape index (κ3) is 11.5. The van der Waals surface area contributed by atoms with Crippen LogP contribution in [0.2, 0.25) is 0 Å². The Morgan fingerprint density at radius 3 is 1.78 bits per heavy atom. The van der Waals surface area contributed by atoms with Gasteiger partial charge in [-0.2, -0.15) is 0 Å². The molecular weight excluding hydrogens is 288 g/mol. The second kappa shape index (κ2) is 14.9. The number of unbranched alkanes of at least 4 members (excludes halogenated alkanes) is 9. The fourth-order valence-electron chi connectivity index (χ4n) is 3.13. The van der Waals surface area contributed by atoms with Gasteiger partial charge in [0.05, 0.1) is 0 Å². The summed E-state index contributed by atoms with van der Waals surface area (Å²) in [6, 6.07) is -0.413. The van der Waals surface area contributed by atoms with Crippen LogP contribution in [-0.2, 0) is 4.79 Å². The lowest BCUT2D eigenvalue weighted by Gasteiger charge is -2.29. The number of hydrogen-bond acceptors (Lipinski definition) is 3. The van der Waals surface area contributed by atoms with E-state index in [4.69, 9.17) is 0 Å². The molecule has 0 aromatic rings. The van der Waals surface area contributed by atoms with Gasteiger partial charge in [-0.15, -0.1) is 0 Å². The third-order valence-corrected chi connectivity index (χ3v) is 4.57. The molecule has 138 valence electrons. The number of hydrogen-bond donors (Lipinski definition) is 2. The van der Waals surface area contributed by atoms with Gasteiger partial charge in [-0.3, -0.25) is 9.69 Å². The summed E-state index contributed by atoms with van der Waals surface area (Å²) in [4.78, 5) is 13.2. The number of carboxylic acid groups (broad SMARTS) is 1. The van der Waals surface area contributed by atoms with Gasteiger partial charge in [0.25, 0.3) is 0 Å². The highest BCUT2D eigenvalue weighted by molar-refractivity contribution is 5.74. The van der Waals surface area contributed by atoms with Gasteiger partial charge >= 0.3 is 5.97 Å². The normalized spacial score (nSPS) is 14.1. The summed E-state index contributed by atoms with van der Waals surface area (Å²) < 4.78 is 0. The molecule has 4 heteroatoms. The number of nitrogens with one attached hydrogen (secondary N) is 1. The van der Waals surface area contributed by atoms with E-state index in [9.17, 15) is 9.90 Å². The van der Waals surface area contributed by atoms with Gasteiger partial charge in [-0.05, 0) is 33.5 Å². The molecule has 4 nitrogen and oxygen atoms in total. The van der Waals surface area contributed by atoms with Gasteiger partial charge in [0, 0.05) is 6.04 Å². The minimum absolute atomic E-state index is 0.0288. The van der Waals surface area contributed by atoms with Crippen LogP contribution in [0.3, 0.4) is 0 Å². The van der Waals surface area contributed by atoms with E-state index in [-0.39, 0.29) is 6.04 Å². The van der Waals surface area contributed by atoms with Crippen molar-refractivity contribution in [3.8, 4) is 0 Å². The predicted octanol–water partition coefficient (Wildman–Crippen LogP) is 4.29. The fourth-order valence-corrected chi connectivity index (χ4v) is 3.13. The fraction of sp³-hybridized carbons (Fsp3) is 0.947. The highest BCUT2D eigenvalue weighted by Crippen LogP contribution is 2.11. The quantitative estimate of drug-likeness (QED) is 0.415. The first-order valence-corrected chi connectivity index (χ1v) is 9.67. The lowest BCUT2D eigenvalue weighted by molar-refractivity contribution is -0.143. The van der Waals surface area contributed by atoms with Gasteiger partial charge < -0.3 is 10.4 Å². The van der Waals surface area contributed by atoms with Crippen molar-refractivity contribution in [3.05, 3.63) is 0 Å². The zero-order chi connectivity index (χ0) is 17.5. The molecule has 0 rings (SSSR count). The maximum atomic E-state index is 11.4. The molecule has 0 spiro atoms. The number of rotatable bonds is 16. The Morgan fingerprint density at radius 2 is 1.39 bits per heavy atom. The maximum absolute atomic E-state index is 11.4. The average Bonchev–Trinajstić information content (AvgIpc) is 2.50. The topological polar surface area (TPSA) is 52.6 Å². The van der Waals surface area contributed by atoms with Gasteiger partial charge in [0.15, 0.2) is 0 Å². The smallest absolute Gasteiger partial charge is 0.322 e. The minimum atomic E-state index is -0.738. The molecule has 23 heavy (non-hydrogen) atoms. The molecule has 0 amide bonds. The highest BCUT2D eigenvalue weighted by atomic mass is 16.4. The first kappa shape index (κ1) is 22.4. The lowest BCUT2D eigenvalue weighted by Crippen LogP contribution is -2.51. The summed E-state index contributed by atoms with van der Waals surface area (Å²) in [6.45, 7) is 5.23.